The molecule has 0 N–H and O–H groups in total. The second-order valence-electron chi connectivity index (χ2n) is 8.88. The number of hydrogen-bond donors (Lipinski definition) is 0. The van der Waals surface area contributed by atoms with E-state index in [-0.39, 0.29) is 28.7 Å². The van der Waals surface area contributed by atoms with Gasteiger partial charge < -0.3 is 4.74 Å². The molecule has 0 radical (unpaired) electrons. The van der Waals surface area contributed by atoms with Gasteiger partial charge in [0.2, 0.25) is 0 Å². The van der Waals surface area contributed by atoms with Crippen molar-refractivity contribution in [1.82, 2.24) is 0 Å². The third-order valence-electron chi connectivity index (χ3n) is 7.37. The Morgan fingerprint density at radius 3 is 2.54 bits per heavy atom. The van der Waals surface area contributed by atoms with Crippen LogP contribution in [0.25, 0.3) is 0 Å². The first-order valence-electron chi connectivity index (χ1n) is 9.75. The van der Waals surface area contributed by atoms with Crippen LogP contribution in [0.3, 0.4) is 0 Å². The van der Waals surface area contributed by atoms with Crippen molar-refractivity contribution in [3.63, 3.8) is 0 Å². The van der Waals surface area contributed by atoms with E-state index >= 15 is 0 Å². The zero-order valence-electron chi connectivity index (χ0n) is 16.5. The lowest BCUT2D eigenvalue weighted by Gasteiger charge is -2.36. The van der Waals surface area contributed by atoms with Crippen LogP contribution in [-0.2, 0) is 25.5 Å². The first-order chi connectivity index (χ1) is 13.1. The molecule has 4 rings (SSSR count). The van der Waals surface area contributed by atoms with E-state index in [1.54, 1.807) is 25.3 Å². The van der Waals surface area contributed by atoms with Gasteiger partial charge in [-0.15, -0.1) is 0 Å². The molecule has 2 fully saturated rings. The summed E-state index contributed by atoms with van der Waals surface area (Å²) >= 11 is 0. The number of ketones is 2. The van der Waals surface area contributed by atoms with Gasteiger partial charge in [-0.3, -0.25) is 13.8 Å². The van der Waals surface area contributed by atoms with E-state index < -0.39 is 21.6 Å². The van der Waals surface area contributed by atoms with Gasteiger partial charge in [-0.25, -0.2) is 0 Å². The number of hydrogen-bond acceptors (Lipinski definition) is 6. The minimum atomic E-state index is -4.03. The first-order valence-corrected chi connectivity index (χ1v) is 11.3. The highest BCUT2D eigenvalue weighted by Gasteiger charge is 2.65. The molecule has 28 heavy (non-hydrogen) atoms. The van der Waals surface area contributed by atoms with Crippen molar-refractivity contribution in [2.75, 3.05) is 12.9 Å². The molecule has 0 aromatic heterocycles. The summed E-state index contributed by atoms with van der Waals surface area (Å²) < 4.78 is 36.3. The molecule has 1 aromatic rings. The Morgan fingerprint density at radius 2 is 1.93 bits per heavy atom. The van der Waals surface area contributed by atoms with Crippen molar-refractivity contribution < 1.29 is 26.9 Å². The van der Waals surface area contributed by atoms with Gasteiger partial charge in [-0.1, -0.05) is 13.8 Å². The number of fused-ring (bicyclic) bond motifs is 3. The predicted molar refractivity (Wildman–Crippen MR) is 103 cm³/mol. The quantitative estimate of drug-likeness (QED) is 0.699. The summed E-state index contributed by atoms with van der Waals surface area (Å²) in [5, 5.41) is 0. The smallest absolute Gasteiger partial charge is 0.269 e. The molecular weight excluding hydrogens is 380 g/mol. The molecule has 0 amide bonds. The van der Waals surface area contributed by atoms with Gasteiger partial charge in [-0.2, -0.15) is 8.42 Å². The summed E-state index contributed by atoms with van der Waals surface area (Å²) in [5.41, 5.74) is 0.0641. The minimum absolute atomic E-state index is 0.0216. The molecule has 3 aliphatic rings. The number of methoxy groups -OCH3 is 1. The summed E-state index contributed by atoms with van der Waals surface area (Å²) in [7, 11) is -2.47. The maximum Gasteiger partial charge on any atom is 0.269 e. The van der Waals surface area contributed by atoms with Crippen LogP contribution in [0.2, 0.25) is 0 Å². The lowest BCUT2D eigenvalue weighted by Crippen LogP contribution is -2.44. The number of ether oxygens (including phenoxy) is 1. The lowest BCUT2D eigenvalue weighted by atomic mass is 9.70. The third kappa shape index (κ3) is 2.82. The Bertz CT molecular complexity index is 948. The van der Waals surface area contributed by atoms with Gasteiger partial charge in [0.1, 0.15) is 17.6 Å². The van der Waals surface area contributed by atoms with Crippen molar-refractivity contribution in [1.29, 1.82) is 0 Å². The molecule has 7 heteroatoms. The summed E-state index contributed by atoms with van der Waals surface area (Å²) in [6, 6.07) is 5.14. The molecule has 152 valence electrons. The van der Waals surface area contributed by atoms with Gasteiger partial charge in [0.15, 0.2) is 5.78 Å². The number of Topliss-reactive ketones (excluding diaryl/α,β-unsaturated/α-hetero) is 2. The second kappa shape index (κ2) is 6.39. The highest BCUT2D eigenvalue weighted by molar-refractivity contribution is 7.86. The second-order valence-corrected chi connectivity index (χ2v) is 10.5. The van der Waals surface area contributed by atoms with Gasteiger partial charge in [-0.05, 0) is 60.8 Å². The Kier molecular flexibility index (Phi) is 4.47. The molecule has 3 aliphatic carbocycles. The average molecular weight is 407 g/mol. The number of rotatable bonds is 5. The fraction of sp³-hybridized carbons (Fsp3) is 0.619. The fourth-order valence-corrected chi connectivity index (χ4v) is 7.33. The van der Waals surface area contributed by atoms with Crippen LogP contribution in [0, 0.1) is 16.7 Å². The third-order valence-corrected chi connectivity index (χ3v) is 8.74. The fourth-order valence-electron chi connectivity index (χ4n) is 5.45. The standard InChI is InChI=1S/C21H26O6S/c1-20(2)14-8-9-21(20,18(22)11-14)12-28(24,25)27-17-7-4-13-10-15(26-3)5-6-16(13)19(17)23/h5-6,10,14,17H,4,7-9,11-12H2,1-3H3/t14-,17+,21+/m0/s1. The number of carbonyl (C=O) groups is 2. The summed E-state index contributed by atoms with van der Waals surface area (Å²) in [6.45, 7) is 3.97. The van der Waals surface area contributed by atoms with Crippen LogP contribution >= 0.6 is 0 Å². The van der Waals surface area contributed by atoms with Crippen LogP contribution in [0.5, 0.6) is 5.75 Å². The highest BCUT2D eigenvalue weighted by atomic mass is 32.2. The van der Waals surface area contributed by atoms with Gasteiger partial charge in [0, 0.05) is 12.0 Å². The van der Waals surface area contributed by atoms with Crippen LogP contribution < -0.4 is 4.74 Å². The Labute approximate surface area is 165 Å². The van der Waals surface area contributed by atoms with E-state index in [4.69, 9.17) is 8.92 Å². The van der Waals surface area contributed by atoms with Crippen LogP contribution in [0.1, 0.15) is 55.5 Å². The maximum atomic E-state index is 12.9. The average Bonchev–Trinajstić information content (AvgIpc) is 2.97. The van der Waals surface area contributed by atoms with Crippen molar-refractivity contribution in [2.45, 2.75) is 52.1 Å². The lowest BCUT2D eigenvalue weighted by molar-refractivity contribution is -0.128. The zero-order chi connectivity index (χ0) is 20.3. The molecule has 2 bridgehead atoms. The van der Waals surface area contributed by atoms with Crippen LogP contribution in [0.15, 0.2) is 18.2 Å². The van der Waals surface area contributed by atoms with E-state index in [0.717, 1.165) is 12.0 Å². The van der Waals surface area contributed by atoms with E-state index in [1.807, 2.05) is 13.8 Å². The topological polar surface area (TPSA) is 86.7 Å². The number of aryl methyl sites for hydroxylation is 1. The minimum Gasteiger partial charge on any atom is -0.497 e. The van der Waals surface area contributed by atoms with E-state index in [0.29, 0.717) is 37.0 Å². The Hall–Kier alpha value is -1.73. The van der Waals surface area contributed by atoms with E-state index in [9.17, 15) is 18.0 Å². The summed E-state index contributed by atoms with van der Waals surface area (Å²) in [6.07, 6.45) is 1.69. The Balaban J connectivity index is 1.54. The molecule has 0 spiro atoms. The first kappa shape index (κ1) is 19.6. The molecule has 0 saturated heterocycles. The van der Waals surface area contributed by atoms with Crippen molar-refractivity contribution in [2.24, 2.45) is 16.7 Å². The van der Waals surface area contributed by atoms with Crippen molar-refractivity contribution in [3.8, 4) is 5.75 Å². The molecule has 1 aromatic carbocycles. The molecule has 3 atom stereocenters. The maximum absolute atomic E-state index is 12.9. The largest absolute Gasteiger partial charge is 0.497 e. The van der Waals surface area contributed by atoms with E-state index in [1.165, 1.54) is 0 Å². The van der Waals surface area contributed by atoms with Crippen LogP contribution in [-0.4, -0.2) is 39.0 Å². The number of carbonyl (C=O) groups excluding carboxylic acids is 2. The SMILES string of the molecule is COc1ccc2c(c1)CC[C@@H](OS(=O)(=O)C[C@]13CC[C@@H](CC1=O)C3(C)C)C2=O. The van der Waals surface area contributed by atoms with Gasteiger partial charge in [0.05, 0.1) is 18.3 Å². The normalized spacial score (nSPS) is 31.1. The molecule has 6 nitrogen and oxygen atoms in total. The van der Waals surface area contributed by atoms with E-state index in [2.05, 4.69) is 0 Å². The Morgan fingerprint density at radius 1 is 1.18 bits per heavy atom. The molecule has 0 aliphatic heterocycles. The molecule has 0 unspecified atom stereocenters. The monoisotopic (exact) mass is 406 g/mol. The van der Waals surface area contributed by atoms with Crippen molar-refractivity contribution in [3.05, 3.63) is 29.3 Å². The number of benzene rings is 1. The van der Waals surface area contributed by atoms with Crippen molar-refractivity contribution >= 4 is 21.7 Å². The predicted octanol–water partition coefficient (Wildman–Crippen LogP) is 2.93. The molecular formula is C21H26O6S. The summed E-state index contributed by atoms with van der Waals surface area (Å²) in [4.78, 5) is 25.4. The van der Waals surface area contributed by atoms with Gasteiger partial charge in [0.25, 0.3) is 10.1 Å². The molecule has 2 saturated carbocycles. The van der Waals surface area contributed by atoms with Crippen LogP contribution in [0.4, 0.5) is 0 Å². The molecule has 0 heterocycles. The summed E-state index contributed by atoms with van der Waals surface area (Å²) in [5.74, 6) is 0.255. The highest BCUT2D eigenvalue weighted by Crippen LogP contribution is 2.64. The van der Waals surface area contributed by atoms with Gasteiger partial charge >= 0.3 is 0 Å². The zero-order valence-corrected chi connectivity index (χ0v) is 17.3.